The lowest BCUT2D eigenvalue weighted by Gasteiger charge is -2.34. The molecule has 5 heteroatoms. The zero-order valence-electron chi connectivity index (χ0n) is 16.9. The first-order valence-corrected chi connectivity index (χ1v) is 10.0. The Hall–Kier alpha value is -1.25. The van der Waals surface area contributed by atoms with Gasteiger partial charge in [-0.2, -0.15) is 0 Å². The van der Waals surface area contributed by atoms with Gasteiger partial charge in [0.05, 0.1) is 6.61 Å². The number of rotatable bonds is 4. The van der Waals surface area contributed by atoms with E-state index in [1.165, 1.54) is 6.42 Å². The second-order valence-electron chi connectivity index (χ2n) is 8.33. The van der Waals surface area contributed by atoms with Gasteiger partial charge in [0.25, 0.3) is 0 Å². The molecule has 0 aromatic rings. The maximum Gasteiger partial charge on any atom is 0.410 e. The molecule has 1 heterocycles. The number of carbonyl (C=O) groups is 1. The summed E-state index contributed by atoms with van der Waals surface area (Å²) in [4.78, 5) is 13.9. The van der Waals surface area contributed by atoms with Gasteiger partial charge in [-0.1, -0.05) is 5.92 Å². The minimum atomic E-state index is -0.446. The maximum atomic E-state index is 12.2. The molecule has 0 aromatic carbocycles. The van der Waals surface area contributed by atoms with E-state index < -0.39 is 5.60 Å². The molecule has 26 heavy (non-hydrogen) atoms. The predicted molar refractivity (Wildman–Crippen MR) is 102 cm³/mol. The van der Waals surface area contributed by atoms with Gasteiger partial charge >= 0.3 is 6.09 Å². The Morgan fingerprint density at radius 3 is 2.50 bits per heavy atom. The van der Waals surface area contributed by atoms with Crippen LogP contribution in [0.3, 0.4) is 0 Å². The van der Waals surface area contributed by atoms with E-state index in [0.717, 1.165) is 51.6 Å². The van der Waals surface area contributed by atoms with Crippen LogP contribution in [0.2, 0.25) is 0 Å². The van der Waals surface area contributed by atoms with Gasteiger partial charge < -0.3 is 19.1 Å². The van der Waals surface area contributed by atoms with Crippen molar-refractivity contribution in [2.75, 3.05) is 20.3 Å². The summed E-state index contributed by atoms with van der Waals surface area (Å²) < 4.78 is 16.7. The van der Waals surface area contributed by atoms with Crippen molar-refractivity contribution in [2.45, 2.75) is 90.1 Å². The first-order valence-electron chi connectivity index (χ1n) is 10.0. The third-order valence-electron chi connectivity index (χ3n) is 4.90. The Labute approximate surface area is 158 Å². The molecule has 2 rings (SSSR count). The monoisotopic (exact) mass is 365 g/mol. The smallest absolute Gasteiger partial charge is 0.410 e. The Morgan fingerprint density at radius 2 is 1.88 bits per heavy atom. The van der Waals surface area contributed by atoms with Gasteiger partial charge in [0, 0.05) is 32.0 Å². The average Bonchev–Trinajstić information content (AvgIpc) is 2.61. The highest BCUT2D eigenvalue weighted by molar-refractivity contribution is 5.68. The quantitative estimate of drug-likeness (QED) is 0.549. The fourth-order valence-electron chi connectivity index (χ4n) is 3.39. The van der Waals surface area contributed by atoms with Crippen molar-refractivity contribution in [3.63, 3.8) is 0 Å². The van der Waals surface area contributed by atoms with Crippen molar-refractivity contribution in [1.82, 2.24) is 4.90 Å². The van der Waals surface area contributed by atoms with Crippen LogP contribution in [0.4, 0.5) is 4.79 Å². The first-order chi connectivity index (χ1) is 12.3. The molecule has 0 spiro atoms. The summed E-state index contributed by atoms with van der Waals surface area (Å²) in [5.74, 6) is 7.07. The van der Waals surface area contributed by atoms with Crippen molar-refractivity contribution < 1.29 is 19.0 Å². The van der Waals surface area contributed by atoms with E-state index in [1.54, 1.807) is 4.90 Å². The normalized spacial score (nSPS) is 26.5. The SMILES string of the molecule is CN(C(=O)OC(C)(C)C)[C@H]1CC[C@H](C#CCCOC2CCCCO2)CC1. The van der Waals surface area contributed by atoms with Crippen LogP contribution in [0, 0.1) is 17.8 Å². The van der Waals surface area contributed by atoms with Crippen LogP contribution in [0.1, 0.15) is 72.1 Å². The lowest BCUT2D eigenvalue weighted by molar-refractivity contribution is -0.161. The predicted octanol–water partition coefficient (Wildman–Crippen LogP) is 4.35. The Balaban J connectivity index is 1.63. The molecule has 0 radical (unpaired) electrons. The molecule has 1 atom stereocenters. The van der Waals surface area contributed by atoms with E-state index in [0.29, 0.717) is 12.5 Å². The van der Waals surface area contributed by atoms with Crippen LogP contribution in [-0.4, -0.2) is 49.2 Å². The van der Waals surface area contributed by atoms with Crippen molar-refractivity contribution in [3.8, 4) is 11.8 Å². The fraction of sp³-hybridized carbons (Fsp3) is 0.857. The number of hydrogen-bond donors (Lipinski definition) is 0. The van der Waals surface area contributed by atoms with Crippen molar-refractivity contribution in [1.29, 1.82) is 0 Å². The second-order valence-corrected chi connectivity index (χ2v) is 8.33. The van der Waals surface area contributed by atoms with Gasteiger partial charge in [0.2, 0.25) is 0 Å². The molecule has 5 nitrogen and oxygen atoms in total. The van der Waals surface area contributed by atoms with Crippen molar-refractivity contribution in [2.24, 2.45) is 5.92 Å². The number of amides is 1. The maximum absolute atomic E-state index is 12.2. The Bertz CT molecular complexity index is 488. The highest BCUT2D eigenvalue weighted by atomic mass is 16.7. The zero-order valence-corrected chi connectivity index (χ0v) is 16.9. The molecule has 1 aliphatic heterocycles. The van der Waals surface area contributed by atoms with E-state index >= 15 is 0 Å². The van der Waals surface area contributed by atoms with Gasteiger partial charge in [-0.05, 0) is 65.7 Å². The van der Waals surface area contributed by atoms with E-state index in [-0.39, 0.29) is 18.4 Å². The fourth-order valence-corrected chi connectivity index (χ4v) is 3.39. The molecular formula is C21H35NO4. The van der Waals surface area contributed by atoms with E-state index in [4.69, 9.17) is 14.2 Å². The summed E-state index contributed by atoms with van der Waals surface area (Å²) >= 11 is 0. The van der Waals surface area contributed by atoms with Gasteiger partial charge in [-0.3, -0.25) is 0 Å². The van der Waals surface area contributed by atoms with E-state index in [1.807, 2.05) is 27.8 Å². The minimum absolute atomic E-state index is 0.0237. The Kier molecular flexibility index (Phi) is 8.24. The van der Waals surface area contributed by atoms with E-state index in [2.05, 4.69) is 11.8 Å². The average molecular weight is 366 g/mol. The molecule has 0 aromatic heterocycles. The summed E-state index contributed by atoms with van der Waals surface area (Å²) in [7, 11) is 1.84. The highest BCUT2D eigenvalue weighted by Gasteiger charge is 2.28. The van der Waals surface area contributed by atoms with Crippen LogP contribution >= 0.6 is 0 Å². The summed E-state index contributed by atoms with van der Waals surface area (Å²) in [6.45, 7) is 7.16. The summed E-state index contributed by atoms with van der Waals surface area (Å²) in [6, 6.07) is 0.259. The molecule has 1 saturated carbocycles. The number of carbonyl (C=O) groups excluding carboxylic acids is 1. The first kappa shape index (κ1) is 21.1. The molecule has 2 fully saturated rings. The molecule has 1 amide bonds. The van der Waals surface area contributed by atoms with Crippen LogP contribution in [-0.2, 0) is 14.2 Å². The van der Waals surface area contributed by atoms with Gasteiger partial charge in [-0.15, -0.1) is 5.92 Å². The summed E-state index contributed by atoms with van der Waals surface area (Å²) in [6.07, 6.45) is 7.90. The van der Waals surface area contributed by atoms with Crippen molar-refractivity contribution >= 4 is 6.09 Å². The molecule has 0 N–H and O–H groups in total. The van der Waals surface area contributed by atoms with Crippen LogP contribution in [0.15, 0.2) is 0 Å². The highest BCUT2D eigenvalue weighted by Crippen LogP contribution is 2.27. The molecule has 2 aliphatic rings. The molecule has 0 bridgehead atoms. The molecule has 1 unspecified atom stereocenters. The third-order valence-corrected chi connectivity index (χ3v) is 4.90. The topological polar surface area (TPSA) is 48.0 Å². The lowest BCUT2D eigenvalue weighted by atomic mass is 9.86. The summed E-state index contributed by atoms with van der Waals surface area (Å²) in [5, 5.41) is 0. The molecular weight excluding hydrogens is 330 g/mol. The van der Waals surface area contributed by atoms with E-state index in [9.17, 15) is 4.79 Å². The number of nitrogens with zero attached hydrogens (tertiary/aromatic N) is 1. The second kappa shape index (κ2) is 10.2. The number of hydrogen-bond acceptors (Lipinski definition) is 4. The minimum Gasteiger partial charge on any atom is -0.444 e. The van der Waals surface area contributed by atoms with Crippen LogP contribution in [0.5, 0.6) is 0 Å². The van der Waals surface area contributed by atoms with Crippen LogP contribution < -0.4 is 0 Å². The van der Waals surface area contributed by atoms with Crippen LogP contribution in [0.25, 0.3) is 0 Å². The van der Waals surface area contributed by atoms with Gasteiger partial charge in [0.15, 0.2) is 6.29 Å². The standard InChI is InChI=1S/C21H35NO4/c1-21(2,3)26-20(23)22(4)18-13-11-17(12-14-18)9-5-7-15-24-19-10-6-8-16-25-19/h17-19H,6-8,10-16H2,1-4H3/t17-,18-,19?. The van der Waals surface area contributed by atoms with Crippen molar-refractivity contribution in [3.05, 3.63) is 0 Å². The third kappa shape index (κ3) is 7.55. The zero-order chi connectivity index (χ0) is 19.0. The largest absolute Gasteiger partial charge is 0.444 e. The molecule has 148 valence electrons. The van der Waals surface area contributed by atoms with Gasteiger partial charge in [-0.25, -0.2) is 4.79 Å². The Morgan fingerprint density at radius 1 is 1.15 bits per heavy atom. The molecule has 1 aliphatic carbocycles. The number of ether oxygens (including phenoxy) is 3. The molecule has 1 saturated heterocycles. The van der Waals surface area contributed by atoms with Gasteiger partial charge in [0.1, 0.15) is 5.60 Å². The summed E-state index contributed by atoms with van der Waals surface area (Å²) in [5.41, 5.74) is -0.446. The lowest BCUT2D eigenvalue weighted by Crippen LogP contribution is -2.42.